The van der Waals surface area contributed by atoms with E-state index in [0.29, 0.717) is 46.0 Å². The van der Waals surface area contributed by atoms with Crippen LogP contribution in [0.2, 0.25) is 0 Å². The lowest BCUT2D eigenvalue weighted by Crippen LogP contribution is -2.30. The lowest BCUT2D eigenvalue weighted by Gasteiger charge is -2.25. The molecule has 2 aromatic carbocycles. The zero-order valence-electron chi connectivity index (χ0n) is 21.8. The van der Waals surface area contributed by atoms with Gasteiger partial charge in [-0.1, -0.05) is 25.5 Å². The first-order valence-corrected chi connectivity index (χ1v) is 12.5. The number of aromatic nitrogens is 1. The topological polar surface area (TPSA) is 81.9 Å². The van der Waals surface area contributed by atoms with Crippen LogP contribution in [0, 0.1) is 20.8 Å². The number of methoxy groups -OCH3 is 1. The Morgan fingerprint density at radius 1 is 1.00 bits per heavy atom. The minimum absolute atomic E-state index is 0.0374. The molecule has 7 nitrogen and oxygen atoms in total. The van der Waals surface area contributed by atoms with Gasteiger partial charge in [-0.25, -0.2) is 4.98 Å². The van der Waals surface area contributed by atoms with E-state index in [4.69, 9.17) is 13.9 Å². The number of ether oxygens (including phenoxy) is 2. The summed E-state index contributed by atoms with van der Waals surface area (Å²) < 4.78 is 17.7. The number of hydrogen-bond donors (Lipinski definition) is 0. The Kier molecular flexibility index (Phi) is 6.46. The summed E-state index contributed by atoms with van der Waals surface area (Å²) in [5.41, 5.74) is 4.09. The van der Waals surface area contributed by atoms with Gasteiger partial charge in [-0.2, -0.15) is 0 Å². The summed E-state index contributed by atoms with van der Waals surface area (Å²) in [4.78, 5) is 33.8. The van der Waals surface area contributed by atoms with Crippen molar-refractivity contribution in [2.75, 3.05) is 18.6 Å². The molecular weight excluding hydrogens is 468 g/mol. The van der Waals surface area contributed by atoms with Gasteiger partial charge in [0, 0.05) is 6.20 Å². The summed E-state index contributed by atoms with van der Waals surface area (Å²) >= 11 is 0. The van der Waals surface area contributed by atoms with Crippen LogP contribution in [-0.4, -0.2) is 24.6 Å². The summed E-state index contributed by atoms with van der Waals surface area (Å²) in [6.45, 7) is 8.51. The van der Waals surface area contributed by atoms with Crippen LogP contribution in [0.3, 0.4) is 0 Å². The number of amides is 1. The van der Waals surface area contributed by atoms with E-state index < -0.39 is 11.9 Å². The number of pyridine rings is 1. The van der Waals surface area contributed by atoms with Crippen molar-refractivity contribution in [1.82, 2.24) is 4.98 Å². The number of hydrogen-bond acceptors (Lipinski definition) is 6. The van der Waals surface area contributed by atoms with Gasteiger partial charge in [-0.15, -0.1) is 0 Å². The highest BCUT2D eigenvalue weighted by atomic mass is 16.5. The molecule has 3 heterocycles. The van der Waals surface area contributed by atoms with Crippen molar-refractivity contribution in [3.63, 3.8) is 0 Å². The van der Waals surface area contributed by atoms with Crippen molar-refractivity contribution >= 4 is 22.7 Å². The van der Waals surface area contributed by atoms with Gasteiger partial charge in [-0.05, 0) is 79.8 Å². The standard InChI is InChI=1S/C30H30N2O5/c1-6-7-12-36-22-10-9-20(15-24(22)35-5)27-26-28(33)21-13-18(3)19(4)14-23(21)37-29(26)30(34)32(27)25-11-8-17(2)16-31-25/h8-11,13-16,27H,6-7,12H2,1-5H3. The normalized spacial score (nSPS) is 14.8. The molecule has 1 aliphatic rings. The van der Waals surface area contributed by atoms with Crippen molar-refractivity contribution in [2.24, 2.45) is 0 Å². The van der Waals surface area contributed by atoms with Gasteiger partial charge in [0.05, 0.1) is 30.7 Å². The largest absolute Gasteiger partial charge is 0.493 e. The number of nitrogens with zero attached hydrogens (tertiary/aromatic N) is 2. The maximum absolute atomic E-state index is 13.9. The van der Waals surface area contributed by atoms with Gasteiger partial charge in [0.15, 0.2) is 16.9 Å². The number of fused-ring (bicyclic) bond motifs is 2. The van der Waals surface area contributed by atoms with Crippen LogP contribution in [0.15, 0.2) is 57.9 Å². The Balaban J connectivity index is 1.72. The fourth-order valence-corrected chi connectivity index (χ4v) is 4.68. The zero-order valence-corrected chi connectivity index (χ0v) is 21.8. The molecule has 4 aromatic rings. The predicted molar refractivity (Wildman–Crippen MR) is 143 cm³/mol. The summed E-state index contributed by atoms with van der Waals surface area (Å²) in [5, 5.41) is 0.449. The number of aryl methyl sites for hydroxylation is 3. The first kappa shape index (κ1) is 24.6. The lowest BCUT2D eigenvalue weighted by atomic mass is 9.97. The van der Waals surface area contributed by atoms with E-state index in [1.165, 1.54) is 4.90 Å². The Morgan fingerprint density at radius 3 is 2.49 bits per heavy atom. The molecule has 0 aliphatic carbocycles. The molecule has 1 atom stereocenters. The van der Waals surface area contributed by atoms with Gasteiger partial charge in [0.1, 0.15) is 11.4 Å². The molecule has 37 heavy (non-hydrogen) atoms. The average Bonchev–Trinajstić information content (AvgIpc) is 3.18. The molecule has 0 N–H and O–H groups in total. The zero-order chi connectivity index (χ0) is 26.3. The molecule has 0 saturated carbocycles. The molecule has 5 rings (SSSR count). The van der Waals surface area contributed by atoms with Gasteiger partial charge >= 0.3 is 0 Å². The Hall–Kier alpha value is -4.13. The minimum Gasteiger partial charge on any atom is -0.493 e. The quantitative estimate of drug-likeness (QED) is 0.289. The molecule has 0 radical (unpaired) electrons. The van der Waals surface area contributed by atoms with Crippen molar-refractivity contribution in [3.8, 4) is 11.5 Å². The van der Waals surface area contributed by atoms with Crippen LogP contribution < -0.4 is 19.8 Å². The monoisotopic (exact) mass is 498 g/mol. The highest BCUT2D eigenvalue weighted by Gasteiger charge is 2.44. The SMILES string of the molecule is CCCCOc1ccc(C2c3c(oc4cc(C)c(C)cc4c3=O)C(=O)N2c2ccc(C)cn2)cc1OC. The number of rotatable bonds is 7. The highest BCUT2D eigenvalue weighted by Crippen LogP contribution is 2.43. The first-order chi connectivity index (χ1) is 17.8. The van der Waals surface area contributed by atoms with E-state index in [1.807, 2.05) is 57.2 Å². The van der Waals surface area contributed by atoms with E-state index in [2.05, 4.69) is 11.9 Å². The molecular formula is C30H30N2O5. The molecule has 0 saturated heterocycles. The molecule has 0 bridgehead atoms. The van der Waals surface area contributed by atoms with Crippen molar-refractivity contribution in [1.29, 1.82) is 0 Å². The molecule has 1 unspecified atom stereocenters. The van der Waals surface area contributed by atoms with Crippen LogP contribution in [0.4, 0.5) is 5.82 Å². The van der Waals surface area contributed by atoms with Crippen LogP contribution in [0.5, 0.6) is 11.5 Å². The number of unbranched alkanes of at least 4 members (excludes halogenated alkanes) is 1. The Labute approximate surface area is 215 Å². The molecule has 2 aromatic heterocycles. The molecule has 0 fully saturated rings. The molecule has 1 aliphatic heterocycles. The van der Waals surface area contributed by atoms with Gasteiger partial charge < -0.3 is 13.9 Å². The average molecular weight is 499 g/mol. The summed E-state index contributed by atoms with van der Waals surface area (Å²) in [6.07, 6.45) is 3.64. The van der Waals surface area contributed by atoms with Crippen LogP contribution in [0.25, 0.3) is 11.0 Å². The second-order valence-corrected chi connectivity index (χ2v) is 9.49. The second-order valence-electron chi connectivity index (χ2n) is 9.49. The van der Waals surface area contributed by atoms with Crippen molar-refractivity contribution in [2.45, 2.75) is 46.6 Å². The lowest BCUT2D eigenvalue weighted by molar-refractivity contribution is 0.0970. The van der Waals surface area contributed by atoms with Crippen LogP contribution in [-0.2, 0) is 0 Å². The summed E-state index contributed by atoms with van der Waals surface area (Å²) in [7, 11) is 1.58. The maximum atomic E-state index is 13.9. The summed E-state index contributed by atoms with van der Waals surface area (Å²) in [5.74, 6) is 1.21. The molecule has 1 amide bonds. The second kappa shape index (κ2) is 9.73. The Morgan fingerprint density at radius 2 is 1.78 bits per heavy atom. The maximum Gasteiger partial charge on any atom is 0.296 e. The third-order valence-electron chi connectivity index (χ3n) is 6.89. The molecule has 7 heteroatoms. The fraction of sp³-hybridized carbons (Fsp3) is 0.300. The summed E-state index contributed by atoms with van der Waals surface area (Å²) in [6, 6.07) is 12.1. The van der Waals surface area contributed by atoms with Crippen molar-refractivity contribution in [3.05, 3.63) is 92.5 Å². The first-order valence-electron chi connectivity index (χ1n) is 12.5. The predicted octanol–water partition coefficient (Wildman–Crippen LogP) is 6.05. The fourth-order valence-electron chi connectivity index (χ4n) is 4.68. The smallest absolute Gasteiger partial charge is 0.296 e. The molecule has 0 spiro atoms. The number of carbonyl (C=O) groups is 1. The van der Waals surface area contributed by atoms with Gasteiger partial charge in [0.25, 0.3) is 5.91 Å². The van der Waals surface area contributed by atoms with Crippen LogP contribution >= 0.6 is 0 Å². The van der Waals surface area contributed by atoms with E-state index in [1.54, 1.807) is 19.4 Å². The highest BCUT2D eigenvalue weighted by molar-refractivity contribution is 6.10. The van der Waals surface area contributed by atoms with Gasteiger partial charge in [-0.3, -0.25) is 14.5 Å². The molecule has 190 valence electrons. The minimum atomic E-state index is -0.737. The van der Waals surface area contributed by atoms with Crippen molar-refractivity contribution < 1.29 is 18.7 Å². The van der Waals surface area contributed by atoms with E-state index in [0.717, 1.165) is 29.5 Å². The van der Waals surface area contributed by atoms with E-state index in [-0.39, 0.29) is 11.2 Å². The number of carbonyl (C=O) groups excluding carboxylic acids is 1. The van der Waals surface area contributed by atoms with Gasteiger partial charge in [0.2, 0.25) is 5.76 Å². The number of anilines is 1. The Bertz CT molecular complexity index is 1560. The number of benzene rings is 2. The van der Waals surface area contributed by atoms with E-state index in [9.17, 15) is 9.59 Å². The third kappa shape index (κ3) is 4.24. The van der Waals surface area contributed by atoms with E-state index >= 15 is 0 Å². The third-order valence-corrected chi connectivity index (χ3v) is 6.89. The van der Waals surface area contributed by atoms with Crippen LogP contribution in [0.1, 0.15) is 64.2 Å².